The van der Waals surface area contributed by atoms with Gasteiger partial charge in [0.2, 0.25) is 0 Å². The first kappa shape index (κ1) is 18.2. The maximum absolute atomic E-state index is 11.3. The molecular formula is C25H36O2. The van der Waals surface area contributed by atoms with Crippen LogP contribution in [0.25, 0.3) is 0 Å². The van der Waals surface area contributed by atoms with Crippen LogP contribution >= 0.6 is 0 Å². The molecule has 0 heterocycles. The SMILES string of the molecule is C[C@]12CC[C@H](O)C[C@@H]1CC[C@@H]1[C@@H]2CC[C@]2(C)[C@@H](O)/C(=C/C3C=CC=C3)C[C@@H]12. The highest BCUT2D eigenvalue weighted by atomic mass is 16.3. The van der Waals surface area contributed by atoms with Crippen molar-refractivity contribution < 1.29 is 10.2 Å². The van der Waals surface area contributed by atoms with E-state index in [0.717, 1.165) is 31.1 Å². The first-order valence-corrected chi connectivity index (χ1v) is 11.3. The summed E-state index contributed by atoms with van der Waals surface area (Å²) >= 11 is 0. The minimum atomic E-state index is -0.260. The van der Waals surface area contributed by atoms with Gasteiger partial charge in [-0.05, 0) is 86.0 Å². The Kier molecular flexibility index (Phi) is 4.26. The highest BCUT2D eigenvalue weighted by molar-refractivity contribution is 5.31. The molecule has 0 saturated heterocycles. The second-order valence-corrected chi connectivity index (χ2v) is 10.8. The van der Waals surface area contributed by atoms with Crippen molar-refractivity contribution in [3.05, 3.63) is 36.0 Å². The summed E-state index contributed by atoms with van der Waals surface area (Å²) in [5.74, 6) is 3.27. The lowest BCUT2D eigenvalue weighted by Crippen LogP contribution is -2.54. The van der Waals surface area contributed by atoms with Gasteiger partial charge < -0.3 is 10.2 Å². The smallest absolute Gasteiger partial charge is 0.0806 e. The molecule has 0 aliphatic heterocycles. The molecule has 0 unspecified atom stereocenters. The van der Waals surface area contributed by atoms with Crippen molar-refractivity contribution >= 4 is 0 Å². The Morgan fingerprint density at radius 1 is 0.926 bits per heavy atom. The van der Waals surface area contributed by atoms with Gasteiger partial charge in [-0.1, -0.05) is 44.2 Å². The van der Waals surface area contributed by atoms with Gasteiger partial charge >= 0.3 is 0 Å². The summed E-state index contributed by atoms with van der Waals surface area (Å²) < 4.78 is 0. The fraction of sp³-hybridized carbons (Fsp3) is 0.760. The van der Waals surface area contributed by atoms with Gasteiger partial charge in [0.25, 0.3) is 0 Å². The Balaban J connectivity index is 1.43. The number of hydrogen-bond donors (Lipinski definition) is 2. The van der Waals surface area contributed by atoms with Crippen molar-refractivity contribution in [3.8, 4) is 0 Å². The predicted octanol–water partition coefficient (Wildman–Crippen LogP) is 5.03. The van der Waals surface area contributed by atoms with Crippen molar-refractivity contribution in [2.75, 3.05) is 0 Å². The molecule has 0 radical (unpaired) electrons. The van der Waals surface area contributed by atoms with Gasteiger partial charge in [-0.15, -0.1) is 0 Å². The Hall–Kier alpha value is -0.860. The van der Waals surface area contributed by atoms with Crippen LogP contribution in [-0.2, 0) is 0 Å². The van der Waals surface area contributed by atoms with Crippen LogP contribution in [0.5, 0.6) is 0 Å². The summed E-state index contributed by atoms with van der Waals surface area (Å²) in [4.78, 5) is 0. The first-order valence-electron chi connectivity index (χ1n) is 11.3. The summed E-state index contributed by atoms with van der Waals surface area (Å²) in [6, 6.07) is 0. The minimum Gasteiger partial charge on any atom is -0.393 e. The molecule has 0 aromatic heterocycles. The molecular weight excluding hydrogens is 332 g/mol. The van der Waals surface area contributed by atoms with Gasteiger partial charge in [-0.2, -0.15) is 0 Å². The van der Waals surface area contributed by atoms with E-state index < -0.39 is 0 Å². The molecule has 0 bridgehead atoms. The van der Waals surface area contributed by atoms with E-state index >= 15 is 0 Å². The van der Waals surface area contributed by atoms with E-state index in [9.17, 15) is 10.2 Å². The van der Waals surface area contributed by atoms with Crippen LogP contribution in [0.2, 0.25) is 0 Å². The van der Waals surface area contributed by atoms with Gasteiger partial charge in [0.05, 0.1) is 12.2 Å². The summed E-state index contributed by atoms with van der Waals surface area (Å²) in [7, 11) is 0. The minimum absolute atomic E-state index is 0.0659. The Labute approximate surface area is 164 Å². The maximum atomic E-state index is 11.3. The van der Waals surface area contributed by atoms with Crippen molar-refractivity contribution in [1.82, 2.24) is 0 Å². The van der Waals surface area contributed by atoms with Gasteiger partial charge in [-0.3, -0.25) is 0 Å². The lowest BCUT2D eigenvalue weighted by molar-refractivity contribution is -0.133. The lowest BCUT2D eigenvalue weighted by Gasteiger charge is -2.60. The van der Waals surface area contributed by atoms with Crippen LogP contribution < -0.4 is 0 Å². The third-order valence-electron chi connectivity index (χ3n) is 9.69. The van der Waals surface area contributed by atoms with Crippen LogP contribution in [-0.4, -0.2) is 22.4 Å². The largest absolute Gasteiger partial charge is 0.393 e. The zero-order valence-corrected chi connectivity index (χ0v) is 17.0. The molecule has 4 fully saturated rings. The molecule has 5 aliphatic rings. The van der Waals surface area contributed by atoms with E-state index in [2.05, 4.69) is 44.2 Å². The third-order valence-corrected chi connectivity index (χ3v) is 9.69. The van der Waals surface area contributed by atoms with Crippen LogP contribution in [0.3, 0.4) is 0 Å². The second-order valence-electron chi connectivity index (χ2n) is 10.8. The number of hydrogen-bond acceptors (Lipinski definition) is 2. The standard InChI is InChI=1S/C25H36O2/c1-24-11-9-19(26)15-18(24)7-8-20-21(24)10-12-25(2)22(20)14-17(23(25)27)13-16-5-3-4-6-16/h3-6,13,16,18-23,26-27H,7-12,14-15H2,1-2H3/b17-13+/t18-,19-,20+,21-,22-,23-,24-,25-/m0/s1. The lowest BCUT2D eigenvalue weighted by atomic mass is 9.45. The molecule has 0 aromatic rings. The van der Waals surface area contributed by atoms with E-state index in [-0.39, 0.29) is 17.6 Å². The highest BCUT2D eigenvalue weighted by Gasteiger charge is 2.61. The van der Waals surface area contributed by atoms with E-state index in [1.165, 1.54) is 37.7 Å². The molecule has 0 aromatic carbocycles. The summed E-state index contributed by atoms with van der Waals surface area (Å²) in [6.45, 7) is 4.91. The number of aliphatic hydroxyl groups excluding tert-OH is 2. The monoisotopic (exact) mass is 368 g/mol. The van der Waals surface area contributed by atoms with E-state index in [1.54, 1.807) is 0 Å². The van der Waals surface area contributed by atoms with Crippen molar-refractivity contribution in [3.63, 3.8) is 0 Å². The average molecular weight is 369 g/mol. The van der Waals surface area contributed by atoms with Crippen LogP contribution in [0.4, 0.5) is 0 Å². The first-order chi connectivity index (χ1) is 12.9. The van der Waals surface area contributed by atoms with E-state index in [0.29, 0.717) is 23.2 Å². The molecule has 27 heavy (non-hydrogen) atoms. The van der Waals surface area contributed by atoms with E-state index in [1.807, 2.05) is 0 Å². The fourth-order valence-corrected chi connectivity index (χ4v) is 8.06. The van der Waals surface area contributed by atoms with Crippen molar-refractivity contribution in [2.45, 2.75) is 77.4 Å². The molecule has 0 spiro atoms. The van der Waals surface area contributed by atoms with Crippen molar-refractivity contribution in [2.24, 2.45) is 40.4 Å². The zero-order chi connectivity index (χ0) is 18.8. The fourth-order valence-electron chi connectivity index (χ4n) is 8.06. The highest BCUT2D eigenvalue weighted by Crippen LogP contribution is 2.67. The van der Waals surface area contributed by atoms with E-state index in [4.69, 9.17) is 0 Å². The molecule has 5 rings (SSSR count). The zero-order valence-electron chi connectivity index (χ0n) is 17.0. The molecule has 148 valence electrons. The van der Waals surface area contributed by atoms with Gasteiger partial charge in [0.15, 0.2) is 0 Å². The summed E-state index contributed by atoms with van der Waals surface area (Å²) in [6.07, 6.45) is 20.1. The predicted molar refractivity (Wildman–Crippen MR) is 109 cm³/mol. The molecule has 5 aliphatic carbocycles. The Bertz CT molecular complexity index is 678. The average Bonchev–Trinajstić information content (AvgIpc) is 3.24. The molecule has 2 nitrogen and oxygen atoms in total. The second kappa shape index (κ2) is 6.32. The number of rotatable bonds is 1. The maximum Gasteiger partial charge on any atom is 0.0806 e. The Morgan fingerprint density at radius 2 is 1.67 bits per heavy atom. The summed E-state index contributed by atoms with van der Waals surface area (Å²) in [5, 5.41) is 21.5. The number of aliphatic hydroxyl groups is 2. The number of fused-ring (bicyclic) bond motifs is 5. The van der Waals surface area contributed by atoms with Crippen LogP contribution in [0.15, 0.2) is 36.0 Å². The molecule has 2 N–H and O–H groups in total. The van der Waals surface area contributed by atoms with Gasteiger partial charge in [0, 0.05) is 11.3 Å². The number of allylic oxidation sites excluding steroid dienone is 5. The third kappa shape index (κ3) is 2.66. The quantitative estimate of drug-likeness (QED) is 0.637. The molecule has 8 atom stereocenters. The topological polar surface area (TPSA) is 40.5 Å². The van der Waals surface area contributed by atoms with Crippen LogP contribution in [0.1, 0.15) is 65.2 Å². The molecule has 2 heteroatoms. The Morgan fingerprint density at radius 3 is 2.44 bits per heavy atom. The molecule has 0 amide bonds. The van der Waals surface area contributed by atoms with Gasteiger partial charge in [0.1, 0.15) is 0 Å². The normalized spacial score (nSPS) is 53.4. The van der Waals surface area contributed by atoms with Gasteiger partial charge in [-0.25, -0.2) is 0 Å². The van der Waals surface area contributed by atoms with Crippen LogP contribution in [0, 0.1) is 40.4 Å². The van der Waals surface area contributed by atoms with Crippen molar-refractivity contribution in [1.29, 1.82) is 0 Å². The molecule has 4 saturated carbocycles. The summed E-state index contributed by atoms with van der Waals surface area (Å²) in [5.41, 5.74) is 1.78.